The van der Waals surface area contributed by atoms with Crippen LogP contribution < -0.4 is 5.32 Å². The second kappa shape index (κ2) is 8.82. The molecule has 0 heterocycles. The number of benzene rings is 2. The first kappa shape index (κ1) is 21.8. The summed E-state index contributed by atoms with van der Waals surface area (Å²) in [7, 11) is 1.30. The molecule has 1 aliphatic rings. The molecule has 4 nitrogen and oxygen atoms in total. The van der Waals surface area contributed by atoms with E-state index in [0.717, 1.165) is 5.56 Å². The average Bonchev–Trinajstić information content (AvgIpc) is 3.16. The SMILES string of the molecule is COC(=O)[C@H](c1ccccc1F)[C@@H]1C=C[C@@H](NC(=O)c2ccc(C(C)(C)C)cc2)C1. The molecule has 0 radical (unpaired) electrons. The van der Waals surface area contributed by atoms with Crippen LogP contribution in [0.2, 0.25) is 0 Å². The number of amides is 1. The molecule has 0 spiro atoms. The fourth-order valence-electron chi connectivity index (χ4n) is 3.84. The second-order valence-corrected chi connectivity index (χ2v) is 8.71. The van der Waals surface area contributed by atoms with Gasteiger partial charge in [0.05, 0.1) is 13.0 Å². The smallest absolute Gasteiger partial charge is 0.313 e. The summed E-state index contributed by atoms with van der Waals surface area (Å²) in [6, 6.07) is 13.6. The first-order chi connectivity index (χ1) is 14.2. The van der Waals surface area contributed by atoms with Gasteiger partial charge in [-0.15, -0.1) is 0 Å². The lowest BCUT2D eigenvalue weighted by atomic mass is 9.85. The third kappa shape index (κ3) is 4.78. The predicted molar refractivity (Wildman–Crippen MR) is 115 cm³/mol. The number of methoxy groups -OCH3 is 1. The Morgan fingerprint density at radius 1 is 1.07 bits per heavy atom. The number of hydrogen-bond acceptors (Lipinski definition) is 3. The summed E-state index contributed by atoms with van der Waals surface area (Å²) in [6.07, 6.45) is 4.23. The van der Waals surface area contributed by atoms with Crippen LogP contribution in [0.1, 0.15) is 54.6 Å². The van der Waals surface area contributed by atoms with Crippen LogP contribution in [-0.2, 0) is 14.9 Å². The monoisotopic (exact) mass is 409 g/mol. The highest BCUT2D eigenvalue weighted by Gasteiger charge is 2.35. The highest BCUT2D eigenvalue weighted by molar-refractivity contribution is 5.94. The van der Waals surface area contributed by atoms with Gasteiger partial charge >= 0.3 is 5.97 Å². The van der Waals surface area contributed by atoms with Crippen molar-refractivity contribution < 1.29 is 18.7 Å². The van der Waals surface area contributed by atoms with Crippen molar-refractivity contribution in [2.45, 2.75) is 44.6 Å². The van der Waals surface area contributed by atoms with Crippen molar-refractivity contribution in [2.24, 2.45) is 5.92 Å². The van der Waals surface area contributed by atoms with Crippen LogP contribution in [0, 0.1) is 11.7 Å². The van der Waals surface area contributed by atoms with Gasteiger partial charge in [0, 0.05) is 17.2 Å². The second-order valence-electron chi connectivity index (χ2n) is 8.71. The van der Waals surface area contributed by atoms with E-state index < -0.39 is 17.7 Å². The summed E-state index contributed by atoms with van der Waals surface area (Å²) in [5.74, 6) is -2.11. The Hall–Kier alpha value is -2.95. The average molecular weight is 410 g/mol. The van der Waals surface area contributed by atoms with Gasteiger partial charge in [-0.1, -0.05) is 63.3 Å². The maximum Gasteiger partial charge on any atom is 0.313 e. The fourth-order valence-corrected chi connectivity index (χ4v) is 3.84. The zero-order valence-electron chi connectivity index (χ0n) is 17.8. The van der Waals surface area contributed by atoms with Crippen LogP contribution in [0.15, 0.2) is 60.7 Å². The molecule has 1 N–H and O–H groups in total. The van der Waals surface area contributed by atoms with Crippen molar-refractivity contribution in [2.75, 3.05) is 7.11 Å². The number of allylic oxidation sites excluding steroid dienone is 1. The van der Waals surface area contributed by atoms with E-state index in [0.29, 0.717) is 17.5 Å². The Labute approximate surface area is 177 Å². The van der Waals surface area contributed by atoms with Crippen LogP contribution in [0.5, 0.6) is 0 Å². The zero-order valence-corrected chi connectivity index (χ0v) is 17.8. The number of carbonyl (C=O) groups excluding carboxylic acids is 2. The van der Waals surface area contributed by atoms with Gasteiger partial charge in [0.1, 0.15) is 5.82 Å². The van der Waals surface area contributed by atoms with E-state index in [1.807, 2.05) is 36.4 Å². The van der Waals surface area contributed by atoms with E-state index in [1.165, 1.54) is 13.2 Å². The molecule has 3 rings (SSSR count). The van der Waals surface area contributed by atoms with Crippen LogP contribution >= 0.6 is 0 Å². The molecule has 158 valence electrons. The van der Waals surface area contributed by atoms with E-state index in [4.69, 9.17) is 4.74 Å². The number of halogens is 1. The van der Waals surface area contributed by atoms with Crippen LogP contribution in [-0.4, -0.2) is 25.0 Å². The molecule has 0 saturated carbocycles. The summed E-state index contributed by atoms with van der Waals surface area (Å²) >= 11 is 0. The van der Waals surface area contributed by atoms with Crippen LogP contribution in [0.3, 0.4) is 0 Å². The molecule has 0 unspecified atom stereocenters. The number of rotatable bonds is 5. The Morgan fingerprint density at radius 2 is 1.73 bits per heavy atom. The summed E-state index contributed by atoms with van der Waals surface area (Å²) in [4.78, 5) is 25.1. The van der Waals surface area contributed by atoms with Crippen LogP contribution in [0.25, 0.3) is 0 Å². The predicted octanol–water partition coefficient (Wildman–Crippen LogP) is 4.75. The normalized spacial score (nSPS) is 19.4. The Morgan fingerprint density at radius 3 is 2.33 bits per heavy atom. The van der Waals surface area contributed by atoms with Gasteiger partial charge in [-0.25, -0.2) is 4.39 Å². The van der Waals surface area contributed by atoms with Gasteiger partial charge in [0.15, 0.2) is 0 Å². The van der Waals surface area contributed by atoms with Crippen molar-refractivity contribution in [1.29, 1.82) is 0 Å². The van der Waals surface area contributed by atoms with Crippen molar-refractivity contribution in [3.05, 3.63) is 83.2 Å². The standard InChI is InChI=1S/C25H28FNO3/c1-25(2,3)18-12-9-16(10-13-18)23(28)27-19-14-11-17(15-19)22(24(29)30-4)20-7-5-6-8-21(20)26/h5-14,17,19,22H,15H2,1-4H3,(H,27,28)/t17-,19-,22+/m1/s1. The minimum absolute atomic E-state index is 0.0199. The lowest BCUT2D eigenvalue weighted by molar-refractivity contribution is -0.143. The Bertz CT molecular complexity index is 944. The molecule has 2 aromatic rings. The lowest BCUT2D eigenvalue weighted by Gasteiger charge is -2.22. The van der Waals surface area contributed by atoms with Crippen molar-refractivity contribution in [3.63, 3.8) is 0 Å². The molecule has 2 aromatic carbocycles. The molecule has 1 aliphatic carbocycles. The molecule has 30 heavy (non-hydrogen) atoms. The van der Waals surface area contributed by atoms with E-state index in [-0.39, 0.29) is 23.3 Å². The molecular weight excluding hydrogens is 381 g/mol. The fraction of sp³-hybridized carbons (Fsp3) is 0.360. The quantitative estimate of drug-likeness (QED) is 0.573. The molecule has 1 amide bonds. The van der Waals surface area contributed by atoms with Gasteiger partial charge in [-0.05, 0) is 41.5 Å². The van der Waals surface area contributed by atoms with Gasteiger partial charge in [0.25, 0.3) is 5.91 Å². The Kier molecular flexibility index (Phi) is 6.40. The van der Waals surface area contributed by atoms with Crippen molar-refractivity contribution in [1.82, 2.24) is 5.32 Å². The molecule has 0 saturated heterocycles. The van der Waals surface area contributed by atoms with Gasteiger partial charge in [-0.3, -0.25) is 9.59 Å². The topological polar surface area (TPSA) is 55.4 Å². The molecule has 0 aromatic heterocycles. The molecule has 3 atom stereocenters. The third-order valence-electron chi connectivity index (χ3n) is 5.57. The number of ether oxygens (including phenoxy) is 1. The highest BCUT2D eigenvalue weighted by atomic mass is 19.1. The Balaban J connectivity index is 1.70. The molecule has 0 fully saturated rings. The van der Waals surface area contributed by atoms with Gasteiger partial charge < -0.3 is 10.1 Å². The minimum atomic E-state index is -0.750. The third-order valence-corrected chi connectivity index (χ3v) is 5.57. The van der Waals surface area contributed by atoms with Crippen LogP contribution in [0.4, 0.5) is 4.39 Å². The zero-order chi connectivity index (χ0) is 21.9. The molecular formula is C25H28FNO3. The number of esters is 1. The maximum atomic E-state index is 14.3. The summed E-state index contributed by atoms with van der Waals surface area (Å²) in [6.45, 7) is 6.37. The molecule has 5 heteroatoms. The maximum absolute atomic E-state index is 14.3. The first-order valence-electron chi connectivity index (χ1n) is 10.1. The minimum Gasteiger partial charge on any atom is -0.469 e. The summed E-state index contributed by atoms with van der Waals surface area (Å²) < 4.78 is 19.3. The largest absolute Gasteiger partial charge is 0.469 e. The van der Waals surface area contributed by atoms with E-state index in [1.54, 1.807) is 18.2 Å². The van der Waals surface area contributed by atoms with Crippen molar-refractivity contribution >= 4 is 11.9 Å². The summed E-state index contributed by atoms with van der Waals surface area (Å²) in [5.41, 5.74) is 2.07. The number of hydrogen-bond donors (Lipinski definition) is 1. The lowest BCUT2D eigenvalue weighted by Crippen LogP contribution is -2.34. The van der Waals surface area contributed by atoms with E-state index >= 15 is 0 Å². The summed E-state index contributed by atoms with van der Waals surface area (Å²) in [5, 5.41) is 2.99. The van der Waals surface area contributed by atoms with E-state index in [2.05, 4.69) is 26.1 Å². The molecule has 0 bridgehead atoms. The van der Waals surface area contributed by atoms with Crippen molar-refractivity contribution in [3.8, 4) is 0 Å². The van der Waals surface area contributed by atoms with E-state index in [9.17, 15) is 14.0 Å². The number of carbonyl (C=O) groups is 2. The van der Waals surface area contributed by atoms with Gasteiger partial charge in [-0.2, -0.15) is 0 Å². The van der Waals surface area contributed by atoms with Gasteiger partial charge in [0.2, 0.25) is 0 Å². The first-order valence-corrected chi connectivity index (χ1v) is 10.1. The highest BCUT2D eigenvalue weighted by Crippen LogP contribution is 2.35. The number of nitrogens with one attached hydrogen (secondary N) is 1. The molecule has 0 aliphatic heterocycles.